The standard InChI is InChI=1S/C65H56F2N4O/c1-40(2)43-28-44(41(3)4)30-45(29-43)55-19-15-20-56(46-31-49(66)36-50(67)32-46)64(55)70-39-69(60-22-13-14-23-61(60)70)51-33-47(54-17-10-9-16-42(54)5)34-53(37-51)72-52-24-25-58-57-18-11-12-21-59(57)71(62(58)38-52)63-35-48(26-27-68-63)65(6,7)8/h9-38,40-41H,1-8H3/q+2. The van der Waals surface area contributed by atoms with Crippen molar-refractivity contribution < 1.29 is 13.5 Å². The second-order valence-corrected chi connectivity index (χ2v) is 20.6. The minimum atomic E-state index is -0.644. The van der Waals surface area contributed by atoms with Crippen LogP contribution in [0.4, 0.5) is 31.5 Å². The summed E-state index contributed by atoms with van der Waals surface area (Å²) in [6, 6.07) is 62.2. The van der Waals surface area contributed by atoms with Crippen LogP contribution < -0.4 is 13.9 Å². The molecule has 0 bridgehead atoms. The summed E-state index contributed by atoms with van der Waals surface area (Å²) in [5, 5.41) is 2.24. The Morgan fingerprint density at radius 1 is 0.542 bits per heavy atom. The lowest BCUT2D eigenvalue weighted by Crippen LogP contribution is -2.12. The lowest BCUT2D eigenvalue weighted by molar-refractivity contribution is 0.483. The van der Waals surface area contributed by atoms with Crippen molar-refractivity contribution in [3.63, 3.8) is 0 Å². The summed E-state index contributed by atoms with van der Waals surface area (Å²) in [6.45, 7) is 17.6. The number of para-hydroxylation sites is 4. The number of halogens is 2. The molecule has 0 radical (unpaired) electrons. The molecule has 354 valence electrons. The van der Waals surface area contributed by atoms with Gasteiger partial charge in [0.1, 0.15) is 29.0 Å². The van der Waals surface area contributed by atoms with E-state index in [2.05, 4.69) is 203 Å². The van der Waals surface area contributed by atoms with Gasteiger partial charge in [0.2, 0.25) is 11.4 Å². The number of hydrogen-bond acceptors (Lipinski definition) is 2. The molecule has 11 rings (SSSR count). The quantitative estimate of drug-likeness (QED) is 0.128. The average Bonchev–Trinajstić information content (AvgIpc) is 3.91. The number of fused-ring (bicyclic) bond motifs is 4. The molecule has 8 aromatic carbocycles. The second-order valence-electron chi connectivity index (χ2n) is 20.6. The molecule has 0 unspecified atom stereocenters. The SMILES string of the molecule is Cc1ccccc1-c1cc(Oc2ccc3c4ccccc4n(-c4cc(C(C)(C)C)ccn4)c3c2)cc([N+]2=C=[N+](c3c(-c4cc(F)cc(F)c4)cccc3-c3cc(C(C)C)cc(C(C)C)c3)c3ccccc32)c1. The van der Waals surface area contributed by atoms with Crippen molar-refractivity contribution >= 4 is 50.6 Å². The summed E-state index contributed by atoms with van der Waals surface area (Å²) in [6.07, 6.45) is 1.90. The molecule has 1 aliphatic heterocycles. The Balaban J connectivity index is 1.13. The molecule has 7 heteroatoms. The number of aryl methyl sites for hydroxylation is 1. The van der Waals surface area contributed by atoms with Crippen molar-refractivity contribution in [3.05, 3.63) is 216 Å². The summed E-state index contributed by atoms with van der Waals surface area (Å²) in [5.74, 6) is 1.43. The van der Waals surface area contributed by atoms with Crippen molar-refractivity contribution in [1.82, 2.24) is 18.7 Å². The van der Waals surface area contributed by atoms with E-state index in [4.69, 9.17) is 9.72 Å². The van der Waals surface area contributed by atoms with Gasteiger partial charge in [0, 0.05) is 47.3 Å². The summed E-state index contributed by atoms with van der Waals surface area (Å²) in [7, 11) is 0. The lowest BCUT2D eigenvalue weighted by atomic mass is 9.88. The van der Waals surface area contributed by atoms with Crippen LogP contribution in [0.3, 0.4) is 0 Å². The van der Waals surface area contributed by atoms with Gasteiger partial charge in [-0.3, -0.25) is 4.57 Å². The van der Waals surface area contributed by atoms with Gasteiger partial charge in [0.05, 0.1) is 28.2 Å². The smallest absolute Gasteiger partial charge is 0.457 e. The van der Waals surface area contributed by atoms with Crippen LogP contribution in [0.1, 0.15) is 82.6 Å². The molecule has 0 saturated heterocycles. The highest BCUT2D eigenvalue weighted by Crippen LogP contribution is 2.47. The highest BCUT2D eigenvalue weighted by molar-refractivity contribution is 6.09. The molecule has 0 aliphatic carbocycles. The minimum Gasteiger partial charge on any atom is -0.457 e. The van der Waals surface area contributed by atoms with Crippen LogP contribution in [-0.2, 0) is 5.41 Å². The van der Waals surface area contributed by atoms with Gasteiger partial charge in [0.15, 0.2) is 0 Å². The van der Waals surface area contributed by atoms with Crippen LogP contribution in [0.5, 0.6) is 11.5 Å². The normalized spacial score (nSPS) is 12.5. The Hall–Kier alpha value is -8.25. The Labute approximate surface area is 420 Å². The lowest BCUT2D eigenvalue weighted by Gasteiger charge is -2.20. The molecular formula is C65H56F2N4O+2. The third kappa shape index (κ3) is 8.50. The van der Waals surface area contributed by atoms with Gasteiger partial charge in [0.25, 0.3) is 11.4 Å². The van der Waals surface area contributed by atoms with E-state index in [0.29, 0.717) is 22.6 Å². The van der Waals surface area contributed by atoms with Gasteiger partial charge in [-0.1, -0.05) is 127 Å². The molecule has 2 aromatic heterocycles. The molecule has 10 aromatic rings. The van der Waals surface area contributed by atoms with Gasteiger partial charge < -0.3 is 4.74 Å². The number of pyridine rings is 1. The first-order chi connectivity index (χ1) is 34.7. The molecule has 0 saturated carbocycles. The highest BCUT2D eigenvalue weighted by Gasteiger charge is 2.40. The maximum atomic E-state index is 15.2. The van der Waals surface area contributed by atoms with Crippen molar-refractivity contribution in [2.45, 2.75) is 72.6 Å². The topological polar surface area (TPSA) is 33.1 Å². The monoisotopic (exact) mass is 946 g/mol. The number of rotatable bonds is 10. The van der Waals surface area contributed by atoms with Crippen molar-refractivity contribution in [1.29, 1.82) is 0 Å². The summed E-state index contributed by atoms with van der Waals surface area (Å²) in [5.41, 5.74) is 15.1. The van der Waals surface area contributed by atoms with Gasteiger partial charge in [-0.05, 0) is 138 Å². The third-order valence-corrected chi connectivity index (χ3v) is 13.9. The fraction of sp³-hybridized carbons (Fsp3) is 0.169. The van der Waals surface area contributed by atoms with E-state index in [1.165, 1.54) is 28.8 Å². The van der Waals surface area contributed by atoms with Crippen LogP contribution in [0.2, 0.25) is 0 Å². The molecule has 0 atom stereocenters. The predicted octanol–water partition coefficient (Wildman–Crippen LogP) is 18.0. The first kappa shape index (κ1) is 46.2. The molecule has 72 heavy (non-hydrogen) atoms. The third-order valence-electron chi connectivity index (χ3n) is 13.9. The zero-order valence-corrected chi connectivity index (χ0v) is 41.9. The first-order valence-corrected chi connectivity index (χ1v) is 24.8. The van der Waals surface area contributed by atoms with Gasteiger partial charge in [-0.25, -0.2) is 13.8 Å². The number of hydrogen-bond donors (Lipinski definition) is 0. The number of ether oxygens (including phenoxy) is 1. The Bertz CT molecular complexity index is 3820. The Morgan fingerprint density at radius 3 is 1.85 bits per heavy atom. The zero-order chi connectivity index (χ0) is 50.0. The molecule has 0 spiro atoms. The molecule has 3 heterocycles. The fourth-order valence-corrected chi connectivity index (χ4v) is 10.1. The van der Waals surface area contributed by atoms with Gasteiger partial charge >= 0.3 is 6.01 Å². The van der Waals surface area contributed by atoms with E-state index < -0.39 is 11.6 Å². The van der Waals surface area contributed by atoms with E-state index in [9.17, 15) is 0 Å². The average molecular weight is 947 g/mol. The minimum absolute atomic E-state index is 0.0599. The largest absolute Gasteiger partial charge is 0.503 e. The van der Waals surface area contributed by atoms with Crippen LogP contribution in [-0.4, -0.2) is 15.6 Å². The number of nitrogens with zero attached hydrogens (tertiary/aromatic N) is 4. The number of benzene rings is 8. The number of aromatic nitrogens is 2. The van der Waals surface area contributed by atoms with Crippen LogP contribution in [0.15, 0.2) is 182 Å². The maximum absolute atomic E-state index is 15.2. The second kappa shape index (κ2) is 18.2. The van der Waals surface area contributed by atoms with E-state index in [-0.39, 0.29) is 17.3 Å². The van der Waals surface area contributed by atoms with Crippen molar-refractivity contribution in [2.24, 2.45) is 0 Å². The maximum Gasteiger partial charge on any atom is 0.503 e. The van der Waals surface area contributed by atoms with E-state index in [0.717, 1.165) is 84.3 Å². The van der Waals surface area contributed by atoms with Crippen molar-refractivity contribution in [2.75, 3.05) is 0 Å². The Morgan fingerprint density at radius 2 is 1.15 bits per heavy atom. The summed E-state index contributed by atoms with van der Waals surface area (Å²) < 4.78 is 43.8. The van der Waals surface area contributed by atoms with Gasteiger partial charge in [-0.2, -0.15) is 0 Å². The van der Waals surface area contributed by atoms with E-state index in [1.54, 1.807) is 0 Å². The van der Waals surface area contributed by atoms with Crippen molar-refractivity contribution in [3.8, 4) is 50.7 Å². The molecule has 5 nitrogen and oxygen atoms in total. The Kier molecular flexibility index (Phi) is 11.6. The van der Waals surface area contributed by atoms with E-state index in [1.807, 2.05) is 36.5 Å². The van der Waals surface area contributed by atoms with Crippen LogP contribution in [0.25, 0.3) is 61.0 Å². The van der Waals surface area contributed by atoms with E-state index >= 15 is 8.78 Å². The zero-order valence-electron chi connectivity index (χ0n) is 41.9. The van der Waals surface area contributed by atoms with Gasteiger partial charge in [-0.15, -0.1) is 0 Å². The molecular weight excluding hydrogens is 891 g/mol. The molecule has 0 amide bonds. The predicted molar refractivity (Wildman–Crippen MR) is 294 cm³/mol. The summed E-state index contributed by atoms with van der Waals surface area (Å²) in [4.78, 5) is 4.91. The molecule has 1 aliphatic rings. The summed E-state index contributed by atoms with van der Waals surface area (Å²) >= 11 is 0. The van der Waals surface area contributed by atoms with Crippen LogP contribution >= 0.6 is 0 Å². The molecule has 0 fully saturated rings. The highest BCUT2D eigenvalue weighted by atomic mass is 19.1. The van der Waals surface area contributed by atoms with Crippen LogP contribution in [0, 0.1) is 18.6 Å². The fourth-order valence-electron chi connectivity index (χ4n) is 10.1. The first-order valence-electron chi connectivity index (χ1n) is 24.8. The molecule has 0 N–H and O–H groups in total.